The Morgan fingerprint density at radius 2 is 1.21 bits per heavy atom. The Hall–Kier alpha value is -3.49. The number of carbonyl (C=O) groups excluding carboxylic acids is 2. The van der Waals surface area contributed by atoms with Crippen LogP contribution in [-0.2, 0) is 19.7 Å². The second-order valence-electron chi connectivity index (χ2n) is 9.51. The van der Waals surface area contributed by atoms with Gasteiger partial charge in [-0.1, -0.05) is 0 Å². The van der Waals surface area contributed by atoms with Gasteiger partial charge in [0.2, 0.25) is 0 Å². The van der Waals surface area contributed by atoms with Crippen LogP contribution in [0.4, 0.5) is 0 Å². The molecule has 0 saturated carbocycles. The molecular formula is C29H28NO3P. The van der Waals surface area contributed by atoms with Gasteiger partial charge in [0.15, 0.2) is 0 Å². The first-order chi connectivity index (χ1) is 16.2. The van der Waals surface area contributed by atoms with Crippen molar-refractivity contribution in [3.63, 3.8) is 0 Å². The Balaban J connectivity index is 1.95. The first kappa shape index (κ1) is 22.3. The number of rotatable bonds is 5. The standard InChI is InChI=1S/C29H28NO3P/c1-21(31)27-28(22(2)32)34(3,4)30(20-26(33-34)23-14-8-5-9-15-23)29(27,24-16-10-6-11-17-24)25-18-12-7-13-19-25/h5-20H,1-4H3. The number of Topliss-reactive ketones (excluding diaryl/α,β-unsaturated/α-hetero) is 2. The summed E-state index contributed by atoms with van der Waals surface area (Å²) in [6, 6.07) is 29.9. The van der Waals surface area contributed by atoms with E-state index in [1.165, 1.54) is 0 Å². The monoisotopic (exact) mass is 469 g/mol. The van der Waals surface area contributed by atoms with Crippen LogP contribution >= 0.6 is 6.98 Å². The van der Waals surface area contributed by atoms with Gasteiger partial charge in [-0.25, -0.2) is 0 Å². The zero-order chi connectivity index (χ0) is 24.2. The second kappa shape index (κ2) is 7.51. The molecule has 3 aromatic rings. The van der Waals surface area contributed by atoms with Crippen molar-refractivity contribution in [3.05, 3.63) is 125 Å². The molecule has 0 spiro atoms. The third kappa shape index (κ3) is 2.88. The van der Waals surface area contributed by atoms with Gasteiger partial charge in [0, 0.05) is 0 Å². The van der Waals surface area contributed by atoms with Gasteiger partial charge in [-0.3, -0.25) is 0 Å². The SMILES string of the molecule is CC(=O)C1=C(C(C)=O)P2(C)(C)OC(c3ccccc3)=CN2C1(c1ccccc1)c1ccccc1. The topological polar surface area (TPSA) is 46.6 Å². The fraction of sp³-hybridized carbons (Fsp3) is 0.172. The number of nitrogens with zero attached hydrogens (tertiary/aromatic N) is 1. The predicted molar refractivity (Wildman–Crippen MR) is 138 cm³/mol. The van der Waals surface area contributed by atoms with Crippen LogP contribution in [0.5, 0.6) is 0 Å². The number of fused-ring (bicyclic) bond motifs is 1. The summed E-state index contributed by atoms with van der Waals surface area (Å²) in [6.45, 7) is 3.59. The van der Waals surface area contributed by atoms with E-state index in [1.807, 2.05) is 111 Å². The van der Waals surface area contributed by atoms with Gasteiger partial charge in [0.05, 0.1) is 0 Å². The molecule has 34 heavy (non-hydrogen) atoms. The normalized spacial score (nSPS) is 20.5. The molecule has 0 bridgehead atoms. The Morgan fingerprint density at radius 1 is 0.735 bits per heavy atom. The van der Waals surface area contributed by atoms with Crippen molar-refractivity contribution in [2.45, 2.75) is 19.4 Å². The summed E-state index contributed by atoms with van der Waals surface area (Å²) in [5, 5.41) is 0.508. The molecule has 5 rings (SSSR count). The van der Waals surface area contributed by atoms with E-state index in [-0.39, 0.29) is 11.6 Å². The molecule has 2 heterocycles. The van der Waals surface area contributed by atoms with E-state index in [1.54, 1.807) is 13.8 Å². The van der Waals surface area contributed by atoms with Gasteiger partial charge >= 0.3 is 201 Å². The van der Waals surface area contributed by atoms with Gasteiger partial charge in [-0.05, 0) is 0 Å². The minimum absolute atomic E-state index is 0.127. The van der Waals surface area contributed by atoms with Crippen LogP contribution in [0.15, 0.2) is 108 Å². The first-order valence-corrected chi connectivity index (χ1v) is 14.4. The number of ketones is 2. The molecule has 0 fully saturated rings. The van der Waals surface area contributed by atoms with Crippen LogP contribution in [0.25, 0.3) is 5.76 Å². The van der Waals surface area contributed by atoms with Gasteiger partial charge in [0.25, 0.3) is 0 Å². The summed E-state index contributed by atoms with van der Waals surface area (Å²) < 4.78 is 9.09. The van der Waals surface area contributed by atoms with Gasteiger partial charge < -0.3 is 0 Å². The van der Waals surface area contributed by atoms with Crippen molar-refractivity contribution in [2.24, 2.45) is 0 Å². The molecule has 0 saturated heterocycles. The molecule has 172 valence electrons. The van der Waals surface area contributed by atoms with Crippen molar-refractivity contribution < 1.29 is 14.1 Å². The Bertz CT molecular complexity index is 1320. The molecule has 0 aromatic heterocycles. The van der Waals surface area contributed by atoms with Crippen LogP contribution in [0.3, 0.4) is 0 Å². The Morgan fingerprint density at radius 3 is 1.65 bits per heavy atom. The maximum atomic E-state index is 13.5. The van der Waals surface area contributed by atoms with E-state index >= 15 is 0 Å². The molecule has 0 radical (unpaired) electrons. The number of carbonyl (C=O) groups is 2. The summed E-state index contributed by atoms with van der Waals surface area (Å²) in [5.74, 6) is 0.452. The zero-order valence-electron chi connectivity index (χ0n) is 19.9. The van der Waals surface area contributed by atoms with Gasteiger partial charge in [-0.15, -0.1) is 0 Å². The van der Waals surface area contributed by atoms with Crippen molar-refractivity contribution in [1.29, 1.82) is 0 Å². The molecule has 0 N–H and O–H groups in total. The zero-order valence-corrected chi connectivity index (χ0v) is 20.8. The predicted octanol–water partition coefficient (Wildman–Crippen LogP) is 6.35. The number of allylic oxidation sites excluding steroid dienone is 1. The Kier molecular flexibility index (Phi) is 4.93. The molecule has 0 unspecified atom stereocenters. The van der Waals surface area contributed by atoms with E-state index < -0.39 is 12.5 Å². The summed E-state index contributed by atoms with van der Waals surface area (Å²) in [7, 11) is 0. The fourth-order valence-corrected chi connectivity index (χ4v) is 10.4. The minimum atomic E-state index is -3.58. The fourth-order valence-electron chi connectivity index (χ4n) is 5.78. The van der Waals surface area contributed by atoms with Crippen molar-refractivity contribution in [3.8, 4) is 0 Å². The summed E-state index contributed by atoms with van der Waals surface area (Å²) in [6.07, 6.45) is 2.02. The molecule has 2 aliphatic heterocycles. The van der Waals surface area contributed by atoms with Crippen LogP contribution in [0, 0.1) is 0 Å². The average Bonchev–Trinajstić information content (AvgIpc) is 3.23. The van der Waals surface area contributed by atoms with Crippen LogP contribution in [0.1, 0.15) is 30.5 Å². The van der Waals surface area contributed by atoms with Crippen LogP contribution < -0.4 is 0 Å². The molecule has 0 aliphatic carbocycles. The second-order valence-corrected chi connectivity index (χ2v) is 14.4. The number of benzene rings is 3. The molecule has 3 aromatic carbocycles. The maximum absolute atomic E-state index is 13.5. The molecular weight excluding hydrogens is 441 g/mol. The summed E-state index contributed by atoms with van der Waals surface area (Å²) in [5.41, 5.74) is 2.30. The molecule has 0 amide bonds. The number of hydrogen-bond donors (Lipinski definition) is 0. The van der Waals surface area contributed by atoms with E-state index in [2.05, 4.69) is 4.67 Å². The van der Waals surface area contributed by atoms with Crippen molar-refractivity contribution in [2.75, 3.05) is 13.3 Å². The van der Waals surface area contributed by atoms with Crippen LogP contribution in [0.2, 0.25) is 0 Å². The average molecular weight is 470 g/mol. The third-order valence-electron chi connectivity index (χ3n) is 6.94. The van der Waals surface area contributed by atoms with E-state index in [0.29, 0.717) is 16.6 Å². The molecule has 5 heteroatoms. The van der Waals surface area contributed by atoms with Crippen molar-refractivity contribution >= 4 is 24.3 Å². The molecule has 0 atom stereocenters. The summed E-state index contributed by atoms with van der Waals surface area (Å²) >= 11 is 0. The van der Waals surface area contributed by atoms with E-state index in [4.69, 9.17) is 4.52 Å². The molecule has 4 nitrogen and oxygen atoms in total. The van der Waals surface area contributed by atoms with E-state index in [9.17, 15) is 9.59 Å². The van der Waals surface area contributed by atoms with Crippen LogP contribution in [-0.4, -0.2) is 29.6 Å². The quantitative estimate of drug-likeness (QED) is 0.409. The van der Waals surface area contributed by atoms with Crippen molar-refractivity contribution in [1.82, 2.24) is 4.67 Å². The first-order valence-electron chi connectivity index (χ1n) is 11.4. The van der Waals surface area contributed by atoms with Gasteiger partial charge in [-0.2, -0.15) is 0 Å². The van der Waals surface area contributed by atoms with Gasteiger partial charge in [0.1, 0.15) is 0 Å². The van der Waals surface area contributed by atoms with E-state index in [0.717, 1.165) is 16.7 Å². The summed E-state index contributed by atoms with van der Waals surface area (Å²) in [4.78, 5) is 26.9. The number of hydrogen-bond acceptors (Lipinski definition) is 4. The Labute approximate surface area is 200 Å². The molecule has 2 aliphatic rings. The third-order valence-corrected chi connectivity index (χ3v) is 11.2.